The van der Waals surface area contributed by atoms with Crippen molar-refractivity contribution in [3.05, 3.63) is 54.0 Å². The van der Waals surface area contributed by atoms with Gasteiger partial charge in [-0.15, -0.1) is 0 Å². The Kier molecular flexibility index (Phi) is 3.91. The van der Waals surface area contributed by atoms with Crippen molar-refractivity contribution < 1.29 is 18.6 Å². The van der Waals surface area contributed by atoms with Crippen LogP contribution in [0.25, 0.3) is 0 Å². The highest BCUT2D eigenvalue weighted by molar-refractivity contribution is 5.90. The van der Waals surface area contributed by atoms with Crippen LogP contribution in [0.15, 0.2) is 47.1 Å². The first kappa shape index (κ1) is 18.6. The first-order chi connectivity index (χ1) is 13.9. The number of nitriles is 3. The van der Waals surface area contributed by atoms with Crippen LogP contribution in [-0.4, -0.2) is 18.8 Å². The normalized spacial score (nSPS) is 31.8. The van der Waals surface area contributed by atoms with Crippen molar-refractivity contribution in [3.8, 4) is 24.0 Å². The standard InChI is InChI=1S/C21H16N4O4/c1-19-16(13-5-7-14(26-2)8-6-13)21(12-24,18(25)29-19)20(10-22,11-23)17(28-19)15-4-3-9-27-15/h3-9,16-17,25H,1-2H3. The summed E-state index contributed by atoms with van der Waals surface area (Å²) in [6, 6.07) is 16.1. The lowest BCUT2D eigenvalue weighted by Gasteiger charge is -2.48. The third kappa shape index (κ3) is 2.11. The van der Waals surface area contributed by atoms with Gasteiger partial charge in [-0.05, 0) is 29.8 Å². The zero-order valence-electron chi connectivity index (χ0n) is 15.7. The molecular weight excluding hydrogens is 372 g/mol. The zero-order chi connectivity index (χ0) is 20.9. The molecule has 0 radical (unpaired) electrons. The Labute approximate surface area is 166 Å². The number of nitrogens with one attached hydrogen (secondary N) is 1. The second-order valence-corrected chi connectivity index (χ2v) is 7.12. The van der Waals surface area contributed by atoms with Crippen molar-refractivity contribution in [1.29, 1.82) is 21.2 Å². The summed E-state index contributed by atoms with van der Waals surface area (Å²) >= 11 is 0. The number of methoxy groups -OCH3 is 1. The van der Waals surface area contributed by atoms with E-state index in [1.54, 1.807) is 43.3 Å². The van der Waals surface area contributed by atoms with Gasteiger partial charge >= 0.3 is 0 Å². The number of rotatable bonds is 3. The quantitative estimate of drug-likeness (QED) is 0.850. The van der Waals surface area contributed by atoms with Crippen LogP contribution >= 0.6 is 0 Å². The van der Waals surface area contributed by atoms with E-state index >= 15 is 0 Å². The number of ether oxygens (including phenoxy) is 3. The number of benzene rings is 1. The van der Waals surface area contributed by atoms with Gasteiger partial charge in [-0.3, -0.25) is 5.41 Å². The van der Waals surface area contributed by atoms with E-state index in [0.717, 1.165) is 0 Å². The molecule has 4 rings (SSSR count). The molecule has 1 N–H and O–H groups in total. The summed E-state index contributed by atoms with van der Waals surface area (Å²) < 4.78 is 22.5. The summed E-state index contributed by atoms with van der Waals surface area (Å²) in [5.41, 5.74) is -3.39. The van der Waals surface area contributed by atoms with Gasteiger partial charge in [-0.1, -0.05) is 12.1 Å². The molecule has 2 bridgehead atoms. The van der Waals surface area contributed by atoms with E-state index in [2.05, 4.69) is 6.07 Å². The van der Waals surface area contributed by atoms with Crippen molar-refractivity contribution in [2.75, 3.05) is 7.11 Å². The molecule has 8 heteroatoms. The predicted molar refractivity (Wildman–Crippen MR) is 97.2 cm³/mol. The number of hydrogen-bond acceptors (Lipinski definition) is 8. The molecular formula is C21H16N4O4. The Morgan fingerprint density at radius 3 is 2.28 bits per heavy atom. The highest BCUT2D eigenvalue weighted by Crippen LogP contribution is 2.69. The summed E-state index contributed by atoms with van der Waals surface area (Å²) in [4.78, 5) is 0. The summed E-state index contributed by atoms with van der Waals surface area (Å²) in [5, 5.41) is 39.1. The van der Waals surface area contributed by atoms with Gasteiger partial charge in [0.1, 0.15) is 11.5 Å². The maximum atomic E-state index is 10.3. The van der Waals surface area contributed by atoms with Gasteiger partial charge in [0, 0.05) is 6.92 Å². The Hall–Kier alpha value is -3.80. The fraction of sp³-hybridized carbons (Fsp3) is 0.333. The van der Waals surface area contributed by atoms with E-state index < -0.39 is 34.5 Å². The summed E-state index contributed by atoms with van der Waals surface area (Å²) in [5.74, 6) is -2.02. The van der Waals surface area contributed by atoms with Gasteiger partial charge in [-0.2, -0.15) is 15.8 Å². The largest absolute Gasteiger partial charge is 0.497 e. The molecule has 2 fully saturated rings. The highest BCUT2D eigenvalue weighted by atomic mass is 16.7. The molecule has 2 aromatic rings. The molecule has 2 saturated heterocycles. The Balaban J connectivity index is 2.01. The smallest absolute Gasteiger partial charge is 0.219 e. The molecule has 0 amide bonds. The van der Waals surface area contributed by atoms with Gasteiger partial charge in [0.05, 0.1) is 37.5 Å². The van der Waals surface area contributed by atoms with Crippen LogP contribution in [0.1, 0.15) is 30.3 Å². The molecule has 0 spiro atoms. The van der Waals surface area contributed by atoms with Crippen LogP contribution in [0.4, 0.5) is 0 Å². The first-order valence-electron chi connectivity index (χ1n) is 8.79. The molecule has 144 valence electrons. The van der Waals surface area contributed by atoms with E-state index in [-0.39, 0.29) is 5.76 Å². The Morgan fingerprint density at radius 1 is 1.07 bits per heavy atom. The van der Waals surface area contributed by atoms with Crippen LogP contribution in [0.3, 0.4) is 0 Å². The maximum Gasteiger partial charge on any atom is 0.219 e. The molecule has 0 saturated carbocycles. The minimum absolute atomic E-state index is 0.213. The molecule has 3 heterocycles. The highest BCUT2D eigenvalue weighted by Gasteiger charge is 2.80. The van der Waals surface area contributed by atoms with Crippen molar-refractivity contribution in [2.45, 2.75) is 24.7 Å². The third-order valence-electron chi connectivity index (χ3n) is 5.77. The lowest BCUT2D eigenvalue weighted by Crippen LogP contribution is -2.57. The van der Waals surface area contributed by atoms with E-state index in [4.69, 9.17) is 24.0 Å². The van der Waals surface area contributed by atoms with Gasteiger partial charge in [0.2, 0.25) is 17.1 Å². The van der Waals surface area contributed by atoms with E-state index in [1.807, 2.05) is 12.1 Å². The average Bonchev–Trinajstić information content (AvgIpc) is 3.32. The van der Waals surface area contributed by atoms with Gasteiger partial charge in [0.25, 0.3) is 0 Å². The monoisotopic (exact) mass is 388 g/mol. The molecule has 1 aromatic carbocycles. The van der Waals surface area contributed by atoms with E-state index in [9.17, 15) is 15.8 Å². The van der Waals surface area contributed by atoms with Crippen LogP contribution in [0, 0.1) is 50.2 Å². The Morgan fingerprint density at radius 2 is 1.76 bits per heavy atom. The van der Waals surface area contributed by atoms with Crippen molar-refractivity contribution in [2.24, 2.45) is 10.8 Å². The van der Waals surface area contributed by atoms with Crippen molar-refractivity contribution in [1.82, 2.24) is 0 Å². The lowest BCUT2D eigenvalue weighted by atomic mass is 9.53. The molecule has 2 aliphatic heterocycles. The molecule has 1 aromatic heterocycles. The Bertz CT molecular complexity index is 1080. The van der Waals surface area contributed by atoms with E-state index in [1.165, 1.54) is 13.4 Å². The number of fused-ring (bicyclic) bond motifs is 2. The van der Waals surface area contributed by atoms with Gasteiger partial charge in [-0.25, -0.2) is 0 Å². The summed E-state index contributed by atoms with van der Waals surface area (Å²) in [6.45, 7) is 1.60. The second-order valence-electron chi connectivity index (χ2n) is 7.12. The number of nitrogens with zero attached hydrogens (tertiary/aromatic N) is 3. The number of hydrogen-bond donors (Lipinski definition) is 1. The average molecular weight is 388 g/mol. The van der Waals surface area contributed by atoms with Crippen LogP contribution in [-0.2, 0) is 9.47 Å². The maximum absolute atomic E-state index is 10.3. The predicted octanol–water partition coefficient (Wildman–Crippen LogP) is 3.41. The van der Waals surface area contributed by atoms with Crippen molar-refractivity contribution in [3.63, 3.8) is 0 Å². The van der Waals surface area contributed by atoms with Crippen LogP contribution in [0.2, 0.25) is 0 Å². The SMILES string of the molecule is COc1ccc(C2C3(C)OC(=N)C2(C#N)C(C#N)(C#N)C(c2ccco2)O3)cc1. The fourth-order valence-corrected chi connectivity index (χ4v) is 4.48. The third-order valence-corrected chi connectivity index (χ3v) is 5.77. The minimum Gasteiger partial charge on any atom is -0.497 e. The number of furan rings is 1. The van der Waals surface area contributed by atoms with Gasteiger partial charge in [0.15, 0.2) is 11.5 Å². The molecule has 29 heavy (non-hydrogen) atoms. The van der Waals surface area contributed by atoms with Crippen LogP contribution in [0.5, 0.6) is 5.75 Å². The lowest BCUT2D eigenvalue weighted by molar-refractivity contribution is -0.257. The minimum atomic E-state index is -2.07. The molecule has 4 atom stereocenters. The van der Waals surface area contributed by atoms with E-state index in [0.29, 0.717) is 11.3 Å². The molecule has 8 nitrogen and oxygen atoms in total. The van der Waals surface area contributed by atoms with Gasteiger partial charge < -0.3 is 18.6 Å². The molecule has 2 aliphatic rings. The molecule has 4 unspecified atom stereocenters. The second kappa shape index (κ2) is 6.10. The topological polar surface area (TPSA) is 136 Å². The zero-order valence-corrected chi connectivity index (χ0v) is 15.7. The van der Waals surface area contributed by atoms with Crippen LogP contribution < -0.4 is 4.74 Å². The molecule has 0 aliphatic carbocycles. The summed E-state index contributed by atoms with van der Waals surface area (Å²) in [7, 11) is 1.53. The first-order valence-corrected chi connectivity index (χ1v) is 8.79. The summed E-state index contributed by atoms with van der Waals surface area (Å²) in [6.07, 6.45) is 0.179. The fourth-order valence-electron chi connectivity index (χ4n) is 4.48. The van der Waals surface area contributed by atoms with Crippen molar-refractivity contribution >= 4 is 5.90 Å².